The van der Waals surface area contributed by atoms with Crippen LogP contribution in [0.25, 0.3) is 0 Å². The average molecular weight is 233 g/mol. The molecule has 0 aromatic rings. The summed E-state index contributed by atoms with van der Waals surface area (Å²) in [5, 5.41) is 2.26. The number of nitrogens with one attached hydrogen (secondary N) is 2. The summed E-state index contributed by atoms with van der Waals surface area (Å²) in [6.07, 6.45) is 0. The third-order valence-electron chi connectivity index (χ3n) is 1.56. The molecule has 2 amide bonds. The van der Waals surface area contributed by atoms with Crippen LogP contribution in [-0.2, 0) is 14.4 Å². The van der Waals surface area contributed by atoms with E-state index in [4.69, 9.17) is 5.73 Å². The zero-order valence-electron chi connectivity index (χ0n) is 8.87. The number of hydrogen-bond donors (Lipinski definition) is 3. The predicted octanol–water partition coefficient (Wildman–Crippen LogP) is -0.851. The first-order valence-corrected chi connectivity index (χ1v) is 5.19. The number of primary amides is 1. The molecule has 86 valence electrons. The van der Waals surface area contributed by atoms with E-state index in [2.05, 4.69) is 10.0 Å². The van der Waals surface area contributed by atoms with Gasteiger partial charge in [-0.15, -0.1) is 0 Å². The smallest absolute Gasteiger partial charge is 0.239 e. The molecular weight excluding hydrogens is 218 g/mol. The van der Waals surface area contributed by atoms with Gasteiger partial charge in [0.15, 0.2) is 0 Å². The van der Waals surface area contributed by atoms with Gasteiger partial charge in [-0.05, 0) is 25.8 Å². The fourth-order valence-corrected chi connectivity index (χ4v) is 1.08. The summed E-state index contributed by atoms with van der Waals surface area (Å²) < 4.78 is 2.63. The summed E-state index contributed by atoms with van der Waals surface area (Å²) >= 11 is 0.837. The quantitative estimate of drug-likeness (QED) is 0.537. The largest absolute Gasteiger partial charge is 0.368 e. The number of amides is 2. The van der Waals surface area contributed by atoms with E-state index in [-0.39, 0.29) is 11.0 Å². The van der Waals surface area contributed by atoms with Crippen molar-refractivity contribution in [3.8, 4) is 0 Å². The number of nitrogens with two attached hydrogens (primary N) is 1. The van der Waals surface area contributed by atoms with Gasteiger partial charge in [-0.25, -0.2) is 4.72 Å². The van der Waals surface area contributed by atoms with Gasteiger partial charge >= 0.3 is 0 Å². The second-order valence-electron chi connectivity index (χ2n) is 3.07. The molecule has 0 spiro atoms. The zero-order chi connectivity index (χ0) is 12.0. The minimum atomic E-state index is -0.718. The van der Waals surface area contributed by atoms with Gasteiger partial charge in [-0.2, -0.15) is 0 Å². The van der Waals surface area contributed by atoms with Gasteiger partial charge < -0.3 is 11.1 Å². The Morgan fingerprint density at radius 2 is 1.73 bits per heavy atom. The number of rotatable bonds is 5. The van der Waals surface area contributed by atoms with Crippen molar-refractivity contribution in [3.05, 3.63) is 0 Å². The molecule has 4 N–H and O–H groups in total. The molecule has 0 bridgehead atoms. The molecule has 6 nitrogen and oxygen atoms in total. The highest BCUT2D eigenvalue weighted by Gasteiger charge is 2.17. The van der Waals surface area contributed by atoms with Crippen LogP contribution in [0.2, 0.25) is 0 Å². The lowest BCUT2D eigenvalue weighted by Crippen LogP contribution is -2.48. The summed E-state index contributed by atoms with van der Waals surface area (Å²) in [6.45, 7) is 4.46. The Bertz CT molecular complexity index is 270. The summed E-state index contributed by atoms with van der Waals surface area (Å²) in [7, 11) is 0. The number of carbonyl (C=O) groups excluding carboxylic acids is 3. The maximum atomic E-state index is 11.4. The van der Waals surface area contributed by atoms with Crippen molar-refractivity contribution in [2.24, 2.45) is 5.73 Å². The molecular formula is C8H15N3O3S. The minimum Gasteiger partial charge on any atom is -0.368 e. The van der Waals surface area contributed by atoms with Gasteiger partial charge in [0.2, 0.25) is 16.9 Å². The van der Waals surface area contributed by atoms with E-state index in [1.54, 1.807) is 6.92 Å². The zero-order valence-corrected chi connectivity index (χ0v) is 9.68. The van der Waals surface area contributed by atoms with Crippen molar-refractivity contribution in [2.75, 3.05) is 0 Å². The molecule has 0 rings (SSSR count). The van der Waals surface area contributed by atoms with Crippen molar-refractivity contribution in [1.29, 1.82) is 0 Å². The molecule has 0 saturated heterocycles. The van der Waals surface area contributed by atoms with Crippen LogP contribution in [0.5, 0.6) is 0 Å². The van der Waals surface area contributed by atoms with E-state index in [1.807, 2.05) is 0 Å². The summed E-state index contributed by atoms with van der Waals surface area (Å²) in [4.78, 5) is 32.6. The summed E-state index contributed by atoms with van der Waals surface area (Å²) in [6, 6.07) is -1.29. The van der Waals surface area contributed by atoms with Crippen LogP contribution in [0.15, 0.2) is 0 Å². The highest BCUT2D eigenvalue weighted by Crippen LogP contribution is 1.97. The molecule has 0 fully saturated rings. The Morgan fingerprint density at radius 3 is 2.13 bits per heavy atom. The van der Waals surface area contributed by atoms with Crippen LogP contribution in [0.4, 0.5) is 0 Å². The van der Waals surface area contributed by atoms with Gasteiger partial charge in [-0.3, -0.25) is 14.4 Å². The molecule has 2 atom stereocenters. The predicted molar refractivity (Wildman–Crippen MR) is 57.7 cm³/mol. The Kier molecular flexibility index (Phi) is 5.95. The van der Waals surface area contributed by atoms with Crippen LogP contribution in [0.3, 0.4) is 0 Å². The molecule has 0 unspecified atom stereocenters. The van der Waals surface area contributed by atoms with Crippen molar-refractivity contribution in [1.82, 2.24) is 10.0 Å². The maximum Gasteiger partial charge on any atom is 0.239 e. The van der Waals surface area contributed by atoms with Crippen LogP contribution < -0.4 is 15.8 Å². The van der Waals surface area contributed by atoms with E-state index in [0.717, 1.165) is 11.9 Å². The van der Waals surface area contributed by atoms with Gasteiger partial charge in [0, 0.05) is 6.92 Å². The van der Waals surface area contributed by atoms with E-state index in [9.17, 15) is 14.4 Å². The summed E-state index contributed by atoms with van der Waals surface area (Å²) in [5.41, 5.74) is 4.97. The van der Waals surface area contributed by atoms with E-state index < -0.39 is 18.0 Å². The van der Waals surface area contributed by atoms with Crippen molar-refractivity contribution >= 4 is 28.9 Å². The van der Waals surface area contributed by atoms with E-state index in [0.29, 0.717) is 0 Å². The standard InChI is InChI=1S/C8H15N3O3S/c1-4(7(9)13)10-8(14)5(2)11-15-6(3)12/h4-5,11H,1-3H3,(H2,9,13)(H,10,14)/t4-,5-/m0/s1. The van der Waals surface area contributed by atoms with Crippen LogP contribution in [0, 0.1) is 0 Å². The molecule has 0 saturated carbocycles. The van der Waals surface area contributed by atoms with Gasteiger partial charge in [-0.1, -0.05) is 0 Å². The molecule has 0 aliphatic heterocycles. The first kappa shape index (κ1) is 13.9. The monoisotopic (exact) mass is 233 g/mol. The van der Waals surface area contributed by atoms with Gasteiger partial charge in [0.25, 0.3) is 0 Å². The molecule has 0 radical (unpaired) electrons. The topological polar surface area (TPSA) is 101 Å². The lowest BCUT2D eigenvalue weighted by molar-refractivity contribution is -0.127. The van der Waals surface area contributed by atoms with Crippen LogP contribution >= 0.6 is 11.9 Å². The third-order valence-corrected chi connectivity index (χ3v) is 2.32. The van der Waals surface area contributed by atoms with Crippen LogP contribution in [-0.4, -0.2) is 29.0 Å². The average Bonchev–Trinajstić information content (AvgIpc) is 2.13. The second-order valence-corrected chi connectivity index (χ2v) is 4.08. The SMILES string of the molecule is CC(=O)SN[C@@H](C)C(=O)N[C@@H](C)C(N)=O. The first-order valence-electron chi connectivity index (χ1n) is 4.37. The fourth-order valence-electron chi connectivity index (χ4n) is 0.634. The van der Waals surface area contributed by atoms with Crippen molar-refractivity contribution in [3.63, 3.8) is 0 Å². The molecule has 15 heavy (non-hydrogen) atoms. The fraction of sp³-hybridized carbons (Fsp3) is 0.625. The van der Waals surface area contributed by atoms with E-state index >= 15 is 0 Å². The van der Waals surface area contributed by atoms with Crippen molar-refractivity contribution < 1.29 is 14.4 Å². The molecule has 7 heteroatoms. The van der Waals surface area contributed by atoms with Crippen LogP contribution in [0.1, 0.15) is 20.8 Å². The molecule has 0 heterocycles. The lowest BCUT2D eigenvalue weighted by atomic mass is 10.3. The molecule has 0 aliphatic rings. The third kappa shape index (κ3) is 6.08. The van der Waals surface area contributed by atoms with Gasteiger partial charge in [0.1, 0.15) is 6.04 Å². The molecule has 0 aromatic carbocycles. The maximum absolute atomic E-state index is 11.4. The molecule has 0 aromatic heterocycles. The van der Waals surface area contributed by atoms with E-state index in [1.165, 1.54) is 13.8 Å². The Labute approximate surface area is 92.5 Å². The first-order chi connectivity index (χ1) is 6.84. The molecule has 0 aliphatic carbocycles. The second kappa shape index (κ2) is 6.41. The minimum absolute atomic E-state index is 0.141. The number of hydrogen-bond acceptors (Lipinski definition) is 5. The number of carbonyl (C=O) groups is 3. The Morgan fingerprint density at radius 1 is 1.20 bits per heavy atom. The summed E-state index contributed by atoms with van der Waals surface area (Å²) in [5.74, 6) is -0.982. The highest BCUT2D eigenvalue weighted by molar-refractivity contribution is 8.11. The van der Waals surface area contributed by atoms with Gasteiger partial charge in [0.05, 0.1) is 6.04 Å². The van der Waals surface area contributed by atoms with Crippen molar-refractivity contribution in [2.45, 2.75) is 32.9 Å². The normalized spacial score (nSPS) is 14.1. The Hall–Kier alpha value is -1.08. The highest BCUT2D eigenvalue weighted by atomic mass is 32.2. The Balaban J connectivity index is 3.99. The lowest BCUT2D eigenvalue weighted by Gasteiger charge is -2.15.